The Morgan fingerprint density at radius 1 is 1.04 bits per heavy atom. The maximum atomic E-state index is 12.1. The minimum absolute atomic E-state index is 0.00596. The van der Waals surface area contributed by atoms with Crippen LogP contribution in [0.2, 0.25) is 5.02 Å². The van der Waals surface area contributed by atoms with Crippen LogP contribution in [0.1, 0.15) is 12.0 Å². The number of nitro benzene ring substituents is 1. The van der Waals surface area contributed by atoms with Crippen LogP contribution in [0, 0.1) is 10.1 Å². The molecule has 2 aromatic carbocycles. The van der Waals surface area contributed by atoms with Crippen LogP contribution in [0.5, 0.6) is 0 Å². The minimum Gasteiger partial charge on any atom is -0.355 e. The first kappa shape index (κ1) is 20.8. The van der Waals surface area contributed by atoms with E-state index in [-0.39, 0.29) is 36.0 Å². The van der Waals surface area contributed by atoms with Gasteiger partial charge >= 0.3 is 0 Å². The molecule has 2 aromatic rings. The molecule has 0 unspecified atom stereocenters. The summed E-state index contributed by atoms with van der Waals surface area (Å²) in [4.78, 5) is 21.7. The number of benzene rings is 2. The number of nitrogens with zero attached hydrogens (tertiary/aromatic N) is 1. The predicted octanol–water partition coefficient (Wildman–Crippen LogP) is 2.28. The molecule has 10 heteroatoms. The number of aryl methyl sites for hydroxylation is 1. The van der Waals surface area contributed by atoms with E-state index in [0.717, 1.165) is 29.8 Å². The van der Waals surface area contributed by atoms with Gasteiger partial charge in [0.05, 0.1) is 9.82 Å². The third-order valence-corrected chi connectivity index (χ3v) is 5.38. The molecular formula is C17H18ClN3O5S. The van der Waals surface area contributed by atoms with Gasteiger partial charge in [-0.2, -0.15) is 0 Å². The highest BCUT2D eigenvalue weighted by Crippen LogP contribution is 2.15. The Balaban J connectivity index is 1.73. The second-order valence-electron chi connectivity index (χ2n) is 5.63. The molecule has 27 heavy (non-hydrogen) atoms. The second-order valence-corrected chi connectivity index (χ2v) is 7.83. The molecule has 144 valence electrons. The van der Waals surface area contributed by atoms with Crippen LogP contribution in [0.3, 0.4) is 0 Å². The quantitative estimate of drug-likeness (QED) is 0.372. The average molecular weight is 412 g/mol. The zero-order valence-corrected chi connectivity index (χ0v) is 15.8. The first-order valence-corrected chi connectivity index (χ1v) is 9.89. The Labute approximate surface area is 161 Å². The second kappa shape index (κ2) is 9.45. The Bertz CT molecular complexity index is 899. The highest BCUT2D eigenvalue weighted by Gasteiger charge is 2.15. The summed E-state index contributed by atoms with van der Waals surface area (Å²) in [5, 5.41) is 13.8. The number of non-ortho nitro benzene ring substituents is 1. The molecule has 0 spiro atoms. The van der Waals surface area contributed by atoms with Gasteiger partial charge < -0.3 is 5.32 Å². The van der Waals surface area contributed by atoms with Crippen molar-refractivity contribution in [1.82, 2.24) is 10.0 Å². The van der Waals surface area contributed by atoms with Crippen LogP contribution >= 0.6 is 11.6 Å². The topological polar surface area (TPSA) is 118 Å². The molecule has 0 aliphatic carbocycles. The van der Waals surface area contributed by atoms with Crippen LogP contribution in [-0.4, -0.2) is 32.3 Å². The summed E-state index contributed by atoms with van der Waals surface area (Å²) in [7, 11) is -3.80. The lowest BCUT2D eigenvalue weighted by Crippen LogP contribution is -2.34. The van der Waals surface area contributed by atoms with Crippen molar-refractivity contribution in [3.05, 3.63) is 69.2 Å². The largest absolute Gasteiger partial charge is 0.355 e. The van der Waals surface area contributed by atoms with E-state index >= 15 is 0 Å². The number of nitro groups is 1. The fourth-order valence-corrected chi connectivity index (χ4v) is 3.37. The Kier molecular flexibility index (Phi) is 7.28. The molecule has 0 aliphatic heterocycles. The summed E-state index contributed by atoms with van der Waals surface area (Å²) in [6.45, 7) is 0.137. The van der Waals surface area contributed by atoms with Gasteiger partial charge in [0.25, 0.3) is 5.69 Å². The van der Waals surface area contributed by atoms with Crippen molar-refractivity contribution >= 4 is 33.2 Å². The molecular weight excluding hydrogens is 394 g/mol. The Morgan fingerprint density at radius 2 is 1.67 bits per heavy atom. The molecule has 2 N–H and O–H groups in total. The maximum Gasteiger partial charge on any atom is 0.269 e. The van der Waals surface area contributed by atoms with Gasteiger partial charge in [-0.3, -0.25) is 14.9 Å². The molecule has 1 amide bonds. The van der Waals surface area contributed by atoms with Gasteiger partial charge in [0.1, 0.15) is 0 Å². The van der Waals surface area contributed by atoms with E-state index in [9.17, 15) is 23.3 Å². The van der Waals surface area contributed by atoms with Crippen molar-refractivity contribution in [2.75, 3.05) is 13.1 Å². The van der Waals surface area contributed by atoms with Crippen molar-refractivity contribution in [2.45, 2.75) is 17.7 Å². The van der Waals surface area contributed by atoms with Crippen LogP contribution in [-0.2, 0) is 21.2 Å². The molecule has 0 atom stereocenters. The van der Waals surface area contributed by atoms with Gasteiger partial charge in [-0.1, -0.05) is 23.7 Å². The van der Waals surface area contributed by atoms with E-state index in [1.807, 2.05) is 12.1 Å². The molecule has 8 nitrogen and oxygen atoms in total. The summed E-state index contributed by atoms with van der Waals surface area (Å²) in [6.07, 6.45) is 0.828. The lowest BCUT2D eigenvalue weighted by Gasteiger charge is -2.08. The summed E-state index contributed by atoms with van der Waals surface area (Å²) in [6, 6.07) is 11.7. The first-order valence-electron chi connectivity index (χ1n) is 8.03. The Morgan fingerprint density at radius 3 is 2.26 bits per heavy atom. The summed E-state index contributed by atoms with van der Waals surface area (Å²) in [5.41, 5.74) is 0.787. The first-order chi connectivity index (χ1) is 12.8. The summed E-state index contributed by atoms with van der Waals surface area (Å²) < 4.78 is 26.5. The standard InChI is InChI=1S/C17H18ClN3O5S/c18-14-4-1-13(2-5-14)3-10-17(22)19-11-12-20-27(25,26)16-8-6-15(7-9-16)21(23)24/h1-2,4-9,20H,3,10-12H2,(H,19,22). The number of carbonyl (C=O) groups excluding carboxylic acids is 1. The number of hydrogen-bond acceptors (Lipinski definition) is 5. The van der Waals surface area contributed by atoms with Crippen molar-refractivity contribution < 1.29 is 18.1 Å². The highest BCUT2D eigenvalue weighted by molar-refractivity contribution is 7.89. The number of halogens is 1. The molecule has 0 fully saturated rings. The SMILES string of the molecule is O=C(CCc1ccc(Cl)cc1)NCCNS(=O)(=O)c1ccc([N+](=O)[O-])cc1. The normalized spacial score (nSPS) is 11.1. The number of amides is 1. The van der Waals surface area contributed by atoms with E-state index in [1.54, 1.807) is 12.1 Å². The molecule has 0 saturated carbocycles. The van der Waals surface area contributed by atoms with Crippen molar-refractivity contribution in [1.29, 1.82) is 0 Å². The number of nitrogens with one attached hydrogen (secondary N) is 2. The van der Waals surface area contributed by atoms with Gasteiger partial charge in [0.15, 0.2) is 0 Å². The van der Waals surface area contributed by atoms with Crippen LogP contribution in [0.4, 0.5) is 5.69 Å². The summed E-state index contributed by atoms with van der Waals surface area (Å²) >= 11 is 5.80. The van der Waals surface area contributed by atoms with Crippen molar-refractivity contribution in [3.8, 4) is 0 Å². The Hall–Kier alpha value is -2.49. The van der Waals surface area contributed by atoms with Crippen molar-refractivity contribution in [3.63, 3.8) is 0 Å². The fourth-order valence-electron chi connectivity index (χ4n) is 2.21. The van der Waals surface area contributed by atoms with E-state index < -0.39 is 14.9 Å². The van der Waals surface area contributed by atoms with Gasteiger partial charge in [0, 0.05) is 36.7 Å². The lowest BCUT2D eigenvalue weighted by molar-refractivity contribution is -0.384. The van der Waals surface area contributed by atoms with Gasteiger partial charge in [-0.25, -0.2) is 13.1 Å². The third kappa shape index (κ3) is 6.63. The van der Waals surface area contributed by atoms with E-state index in [0.29, 0.717) is 11.4 Å². The predicted molar refractivity (Wildman–Crippen MR) is 101 cm³/mol. The molecule has 2 rings (SSSR count). The lowest BCUT2D eigenvalue weighted by atomic mass is 10.1. The number of carbonyl (C=O) groups is 1. The van der Waals surface area contributed by atoms with E-state index in [4.69, 9.17) is 11.6 Å². The third-order valence-electron chi connectivity index (χ3n) is 3.65. The van der Waals surface area contributed by atoms with Gasteiger partial charge in [0.2, 0.25) is 15.9 Å². The number of sulfonamides is 1. The van der Waals surface area contributed by atoms with Crippen molar-refractivity contribution in [2.24, 2.45) is 0 Å². The molecule has 0 saturated heterocycles. The summed E-state index contributed by atoms with van der Waals surface area (Å²) in [5.74, 6) is -0.195. The maximum absolute atomic E-state index is 12.1. The number of rotatable bonds is 9. The molecule has 0 radical (unpaired) electrons. The molecule has 0 aromatic heterocycles. The van der Waals surface area contributed by atoms with E-state index in [2.05, 4.69) is 10.0 Å². The van der Waals surface area contributed by atoms with Crippen LogP contribution < -0.4 is 10.0 Å². The molecule has 0 bridgehead atoms. The van der Waals surface area contributed by atoms with Gasteiger partial charge in [-0.15, -0.1) is 0 Å². The highest BCUT2D eigenvalue weighted by atomic mass is 35.5. The zero-order chi connectivity index (χ0) is 19.9. The van der Waals surface area contributed by atoms with Crippen LogP contribution in [0.15, 0.2) is 53.4 Å². The smallest absolute Gasteiger partial charge is 0.269 e. The fraction of sp³-hybridized carbons (Fsp3) is 0.235. The molecule has 0 heterocycles. The zero-order valence-electron chi connectivity index (χ0n) is 14.2. The minimum atomic E-state index is -3.80. The van der Waals surface area contributed by atoms with E-state index in [1.165, 1.54) is 0 Å². The average Bonchev–Trinajstić information content (AvgIpc) is 2.65. The number of hydrogen-bond donors (Lipinski definition) is 2. The monoisotopic (exact) mass is 411 g/mol. The van der Waals surface area contributed by atoms with Gasteiger partial charge in [-0.05, 0) is 36.2 Å². The van der Waals surface area contributed by atoms with Crippen LogP contribution in [0.25, 0.3) is 0 Å². The molecule has 0 aliphatic rings.